The summed E-state index contributed by atoms with van der Waals surface area (Å²) in [7, 11) is 0. The summed E-state index contributed by atoms with van der Waals surface area (Å²) < 4.78 is 0. The van der Waals surface area contributed by atoms with E-state index in [1.807, 2.05) is 6.92 Å². The maximum atomic E-state index is 12.2. The van der Waals surface area contributed by atoms with Crippen LogP contribution in [0.5, 0.6) is 0 Å². The zero-order valence-corrected chi connectivity index (χ0v) is 10.5. The predicted octanol–water partition coefficient (Wildman–Crippen LogP) is 2.06. The van der Waals surface area contributed by atoms with E-state index in [1.165, 1.54) is 0 Å². The maximum Gasteiger partial charge on any atom is 0.233 e. The number of carbonyl (C=O) groups excluding carboxylic acids is 1. The fraction of sp³-hybridized carbons (Fsp3) is 0.500. The first-order valence-electron chi connectivity index (χ1n) is 5.81. The summed E-state index contributed by atoms with van der Waals surface area (Å²) in [6.45, 7) is 3.66. The van der Waals surface area contributed by atoms with Crippen molar-refractivity contribution in [1.29, 1.82) is 0 Å². The van der Waals surface area contributed by atoms with Crippen LogP contribution in [0.4, 0.5) is 5.82 Å². The van der Waals surface area contributed by atoms with Crippen LogP contribution in [0.25, 0.3) is 0 Å². The lowest BCUT2D eigenvalue weighted by Crippen LogP contribution is -2.37. The third kappa shape index (κ3) is 2.58. The number of amides is 1. The van der Waals surface area contributed by atoms with E-state index in [1.54, 1.807) is 18.2 Å². The lowest BCUT2D eigenvalue weighted by atomic mass is 9.83. The van der Waals surface area contributed by atoms with Crippen LogP contribution in [-0.2, 0) is 4.79 Å². The van der Waals surface area contributed by atoms with E-state index < -0.39 is 0 Å². The van der Waals surface area contributed by atoms with Crippen LogP contribution in [0.2, 0.25) is 5.15 Å². The normalized spacial score (nSPS) is 23.6. The summed E-state index contributed by atoms with van der Waals surface area (Å²) in [6.07, 6.45) is 1.70. The molecule has 92 valence electrons. The molecule has 1 amide bonds. The Hall–Kier alpha value is -1.13. The molecule has 2 rings (SSSR count). The molecule has 1 atom stereocenters. The molecule has 0 bridgehead atoms. The van der Waals surface area contributed by atoms with Crippen molar-refractivity contribution in [3.8, 4) is 0 Å². The molecule has 0 saturated carbocycles. The second-order valence-corrected chi connectivity index (χ2v) is 4.75. The Bertz CT molecular complexity index is 416. The van der Waals surface area contributed by atoms with E-state index in [-0.39, 0.29) is 11.3 Å². The molecule has 5 heteroatoms. The van der Waals surface area contributed by atoms with Gasteiger partial charge in [0.05, 0.1) is 5.41 Å². The molecule has 1 aromatic heterocycles. The Morgan fingerprint density at radius 3 is 3.06 bits per heavy atom. The van der Waals surface area contributed by atoms with E-state index in [0.717, 1.165) is 25.9 Å². The van der Waals surface area contributed by atoms with Gasteiger partial charge in [-0.3, -0.25) is 4.79 Å². The summed E-state index contributed by atoms with van der Waals surface area (Å²) in [6, 6.07) is 5.20. The van der Waals surface area contributed by atoms with Gasteiger partial charge in [-0.1, -0.05) is 24.6 Å². The minimum Gasteiger partial charge on any atom is -0.316 e. The van der Waals surface area contributed by atoms with Crippen molar-refractivity contribution in [2.24, 2.45) is 5.41 Å². The Balaban J connectivity index is 2.10. The smallest absolute Gasteiger partial charge is 0.233 e. The maximum absolute atomic E-state index is 12.2. The molecule has 17 heavy (non-hydrogen) atoms. The van der Waals surface area contributed by atoms with Crippen molar-refractivity contribution in [1.82, 2.24) is 10.3 Å². The number of hydrogen-bond donors (Lipinski definition) is 2. The van der Waals surface area contributed by atoms with Crippen LogP contribution >= 0.6 is 11.6 Å². The van der Waals surface area contributed by atoms with Gasteiger partial charge in [-0.2, -0.15) is 0 Å². The number of pyridine rings is 1. The summed E-state index contributed by atoms with van der Waals surface area (Å²) in [5, 5.41) is 6.46. The lowest BCUT2D eigenvalue weighted by molar-refractivity contribution is -0.124. The van der Waals surface area contributed by atoms with Crippen LogP contribution in [0, 0.1) is 5.41 Å². The first kappa shape index (κ1) is 12.3. The third-order valence-corrected chi connectivity index (χ3v) is 3.57. The minimum absolute atomic E-state index is 0.0276. The zero-order valence-electron chi connectivity index (χ0n) is 9.79. The fourth-order valence-electron chi connectivity index (χ4n) is 2.13. The van der Waals surface area contributed by atoms with E-state index >= 15 is 0 Å². The molecule has 4 nitrogen and oxygen atoms in total. The largest absolute Gasteiger partial charge is 0.316 e. The zero-order chi connectivity index (χ0) is 12.3. The van der Waals surface area contributed by atoms with E-state index in [4.69, 9.17) is 11.6 Å². The van der Waals surface area contributed by atoms with Crippen molar-refractivity contribution in [3.63, 3.8) is 0 Å². The molecule has 0 radical (unpaired) electrons. The summed E-state index contributed by atoms with van der Waals surface area (Å²) in [5.74, 6) is 0.544. The fourth-order valence-corrected chi connectivity index (χ4v) is 2.29. The molecule has 0 aromatic carbocycles. The highest BCUT2D eigenvalue weighted by molar-refractivity contribution is 6.29. The van der Waals surface area contributed by atoms with Gasteiger partial charge >= 0.3 is 0 Å². The molecule has 1 aliphatic heterocycles. The molecule has 0 spiro atoms. The van der Waals surface area contributed by atoms with Crippen LogP contribution in [0.15, 0.2) is 18.2 Å². The monoisotopic (exact) mass is 253 g/mol. The first-order chi connectivity index (χ1) is 8.16. The number of nitrogens with one attached hydrogen (secondary N) is 2. The average Bonchev–Trinajstić information content (AvgIpc) is 2.78. The van der Waals surface area contributed by atoms with Gasteiger partial charge in [-0.25, -0.2) is 4.98 Å². The second-order valence-electron chi connectivity index (χ2n) is 4.36. The van der Waals surface area contributed by atoms with Crippen molar-refractivity contribution in [3.05, 3.63) is 23.4 Å². The third-order valence-electron chi connectivity index (χ3n) is 3.36. The summed E-state index contributed by atoms with van der Waals surface area (Å²) in [5.41, 5.74) is -0.302. The first-order valence-corrected chi connectivity index (χ1v) is 6.19. The number of anilines is 1. The van der Waals surface area contributed by atoms with Crippen molar-refractivity contribution < 1.29 is 4.79 Å². The number of nitrogens with zero attached hydrogens (tertiary/aromatic N) is 1. The Labute approximate surface area is 106 Å². The quantitative estimate of drug-likeness (QED) is 0.811. The molecule has 1 aliphatic rings. The SMILES string of the molecule is CCC1(C(=O)Nc2cccc(Cl)n2)CCNC1. The van der Waals surface area contributed by atoms with Crippen LogP contribution in [0.3, 0.4) is 0 Å². The highest BCUT2D eigenvalue weighted by Gasteiger charge is 2.39. The number of carbonyl (C=O) groups is 1. The van der Waals surface area contributed by atoms with Gasteiger partial charge in [-0.15, -0.1) is 0 Å². The number of halogens is 1. The molecule has 1 aromatic rings. The van der Waals surface area contributed by atoms with Gasteiger partial charge in [0.1, 0.15) is 11.0 Å². The molecular weight excluding hydrogens is 238 g/mol. The van der Waals surface area contributed by atoms with Gasteiger partial charge in [0.2, 0.25) is 5.91 Å². The lowest BCUT2D eigenvalue weighted by Gasteiger charge is -2.24. The summed E-state index contributed by atoms with van der Waals surface area (Å²) >= 11 is 5.78. The molecule has 0 aliphatic carbocycles. The van der Waals surface area contributed by atoms with Crippen molar-refractivity contribution in [2.75, 3.05) is 18.4 Å². The van der Waals surface area contributed by atoms with Gasteiger partial charge in [0, 0.05) is 6.54 Å². The minimum atomic E-state index is -0.302. The van der Waals surface area contributed by atoms with Gasteiger partial charge in [0.25, 0.3) is 0 Å². The topological polar surface area (TPSA) is 54.0 Å². The highest BCUT2D eigenvalue weighted by Crippen LogP contribution is 2.30. The molecular formula is C12H16ClN3O. The Kier molecular flexibility index (Phi) is 3.64. The standard InChI is InChI=1S/C12H16ClN3O/c1-2-12(6-7-14-8-12)11(17)16-10-5-3-4-9(13)15-10/h3-5,14H,2,6-8H2,1H3,(H,15,16,17). The number of hydrogen-bond acceptors (Lipinski definition) is 3. The van der Waals surface area contributed by atoms with Gasteiger partial charge in [0.15, 0.2) is 0 Å². The second kappa shape index (κ2) is 5.02. The average molecular weight is 254 g/mol. The Morgan fingerprint density at radius 1 is 1.65 bits per heavy atom. The number of aromatic nitrogens is 1. The van der Waals surface area contributed by atoms with Crippen molar-refractivity contribution >= 4 is 23.3 Å². The molecule has 2 N–H and O–H groups in total. The highest BCUT2D eigenvalue weighted by atomic mass is 35.5. The Morgan fingerprint density at radius 2 is 2.47 bits per heavy atom. The van der Waals surface area contributed by atoms with Gasteiger partial charge < -0.3 is 10.6 Å². The van der Waals surface area contributed by atoms with Crippen LogP contribution < -0.4 is 10.6 Å². The van der Waals surface area contributed by atoms with E-state index in [2.05, 4.69) is 15.6 Å². The van der Waals surface area contributed by atoms with Crippen LogP contribution in [0.1, 0.15) is 19.8 Å². The molecule has 1 saturated heterocycles. The molecule has 1 fully saturated rings. The van der Waals surface area contributed by atoms with Gasteiger partial charge in [-0.05, 0) is 31.5 Å². The van der Waals surface area contributed by atoms with Crippen molar-refractivity contribution in [2.45, 2.75) is 19.8 Å². The predicted molar refractivity (Wildman–Crippen MR) is 68.1 cm³/mol. The van der Waals surface area contributed by atoms with Crippen LogP contribution in [-0.4, -0.2) is 24.0 Å². The van der Waals surface area contributed by atoms with E-state index in [0.29, 0.717) is 11.0 Å². The van der Waals surface area contributed by atoms with E-state index in [9.17, 15) is 4.79 Å². The molecule has 2 heterocycles. The summed E-state index contributed by atoms with van der Waals surface area (Å²) in [4.78, 5) is 16.3. The number of rotatable bonds is 3. The molecule has 1 unspecified atom stereocenters.